The molecule has 5 heteroatoms. The number of hydrogen-bond acceptors (Lipinski definition) is 3. The number of aliphatic carboxylic acids is 1. The highest BCUT2D eigenvalue weighted by Crippen LogP contribution is 2.35. The van der Waals surface area contributed by atoms with E-state index in [0.717, 1.165) is 12.8 Å². The maximum atomic E-state index is 12.1. The molecule has 0 spiro atoms. The molecule has 1 unspecified atom stereocenters. The van der Waals surface area contributed by atoms with Crippen molar-refractivity contribution >= 4 is 12.1 Å². The molecule has 1 amide bonds. The van der Waals surface area contributed by atoms with Gasteiger partial charge in [0.15, 0.2) is 0 Å². The normalized spacial score (nSPS) is 23.6. The quantitative estimate of drug-likeness (QED) is 0.783. The van der Waals surface area contributed by atoms with E-state index >= 15 is 0 Å². The van der Waals surface area contributed by atoms with Gasteiger partial charge in [-0.05, 0) is 39.0 Å². The Balaban J connectivity index is 2.91. The summed E-state index contributed by atoms with van der Waals surface area (Å²) in [4.78, 5) is 24.8. The van der Waals surface area contributed by atoms with Gasteiger partial charge in [0.25, 0.3) is 0 Å². The summed E-state index contributed by atoms with van der Waals surface area (Å²) < 4.78 is 5.27. The molecule has 1 N–H and O–H groups in total. The largest absolute Gasteiger partial charge is 0.480 e. The van der Waals surface area contributed by atoms with Crippen LogP contribution in [0, 0.1) is 5.41 Å². The molecule has 0 saturated carbocycles. The summed E-state index contributed by atoms with van der Waals surface area (Å²) in [6, 6.07) is -0.818. The monoisotopic (exact) mass is 257 g/mol. The summed E-state index contributed by atoms with van der Waals surface area (Å²) in [6.45, 7) is 9.52. The van der Waals surface area contributed by atoms with E-state index in [-0.39, 0.29) is 0 Å². The predicted octanol–water partition coefficient (Wildman–Crippen LogP) is 2.50. The molecule has 0 bridgehead atoms. The summed E-state index contributed by atoms with van der Waals surface area (Å²) >= 11 is 0. The molecule has 0 aromatic heterocycles. The molecule has 0 aromatic rings. The Morgan fingerprint density at radius 2 is 1.89 bits per heavy atom. The van der Waals surface area contributed by atoms with Gasteiger partial charge in [0.1, 0.15) is 11.6 Å². The number of likely N-dealkylation sites (tertiary alicyclic amines) is 1. The molecule has 1 aliphatic heterocycles. The van der Waals surface area contributed by atoms with Crippen LogP contribution in [0.5, 0.6) is 0 Å². The van der Waals surface area contributed by atoms with Crippen molar-refractivity contribution in [2.24, 2.45) is 5.41 Å². The van der Waals surface area contributed by atoms with Gasteiger partial charge in [0.05, 0.1) is 0 Å². The second-order valence-corrected chi connectivity index (χ2v) is 6.51. The van der Waals surface area contributed by atoms with E-state index in [2.05, 4.69) is 0 Å². The van der Waals surface area contributed by atoms with Crippen molar-refractivity contribution in [3.05, 3.63) is 0 Å². The van der Waals surface area contributed by atoms with E-state index in [0.29, 0.717) is 6.54 Å². The Bertz CT molecular complexity index is 343. The highest BCUT2D eigenvalue weighted by molar-refractivity contribution is 5.81. The molecule has 1 saturated heterocycles. The molecule has 0 aliphatic carbocycles. The summed E-state index contributed by atoms with van der Waals surface area (Å²) in [6.07, 6.45) is 1.06. The van der Waals surface area contributed by atoms with Crippen molar-refractivity contribution in [3.63, 3.8) is 0 Å². The minimum Gasteiger partial charge on any atom is -0.480 e. The molecule has 1 fully saturated rings. The first-order valence-corrected chi connectivity index (χ1v) is 6.27. The number of carboxylic acids is 1. The molecule has 1 heterocycles. The first-order valence-electron chi connectivity index (χ1n) is 6.27. The van der Waals surface area contributed by atoms with Crippen molar-refractivity contribution in [1.29, 1.82) is 0 Å². The molecule has 1 aliphatic rings. The molecule has 0 radical (unpaired) electrons. The topological polar surface area (TPSA) is 66.8 Å². The van der Waals surface area contributed by atoms with Crippen LogP contribution in [0.4, 0.5) is 4.79 Å². The fraction of sp³-hybridized carbons (Fsp3) is 0.846. The number of carbonyl (C=O) groups is 2. The van der Waals surface area contributed by atoms with Crippen LogP contribution in [-0.4, -0.2) is 40.3 Å². The van der Waals surface area contributed by atoms with E-state index in [1.54, 1.807) is 20.8 Å². The van der Waals surface area contributed by atoms with E-state index in [9.17, 15) is 14.7 Å². The average molecular weight is 257 g/mol. The van der Waals surface area contributed by atoms with Crippen molar-refractivity contribution < 1.29 is 19.4 Å². The Labute approximate surface area is 108 Å². The van der Waals surface area contributed by atoms with Crippen LogP contribution in [0.3, 0.4) is 0 Å². The van der Waals surface area contributed by atoms with Gasteiger partial charge < -0.3 is 9.84 Å². The zero-order valence-corrected chi connectivity index (χ0v) is 11.8. The number of rotatable bonds is 1. The molecule has 1 rings (SSSR count). The van der Waals surface area contributed by atoms with E-state index < -0.39 is 29.1 Å². The molecule has 0 aromatic carbocycles. The number of carboxylic acid groups (broad SMARTS) is 1. The van der Waals surface area contributed by atoms with Crippen LogP contribution in [0.1, 0.15) is 47.5 Å². The standard InChI is InChI=1S/C13H23NO4/c1-12(2,3)18-11(17)14-8-6-7-13(4,5)9(14)10(15)16/h9H,6-8H2,1-5H3,(H,15,16). The molecule has 104 valence electrons. The van der Waals surface area contributed by atoms with Gasteiger partial charge in [-0.2, -0.15) is 0 Å². The van der Waals surface area contributed by atoms with Crippen LogP contribution in [0.25, 0.3) is 0 Å². The fourth-order valence-electron chi connectivity index (χ4n) is 2.38. The number of carbonyl (C=O) groups excluding carboxylic acids is 1. The summed E-state index contributed by atoms with van der Waals surface area (Å²) in [5.41, 5.74) is -1.04. The van der Waals surface area contributed by atoms with E-state index in [4.69, 9.17) is 4.74 Å². The van der Waals surface area contributed by atoms with Gasteiger partial charge in [-0.15, -0.1) is 0 Å². The van der Waals surface area contributed by atoms with Crippen LogP contribution in [0.2, 0.25) is 0 Å². The third kappa shape index (κ3) is 3.37. The van der Waals surface area contributed by atoms with Gasteiger partial charge in [-0.25, -0.2) is 9.59 Å². The Kier molecular flexibility index (Phi) is 3.93. The number of piperidine rings is 1. The van der Waals surface area contributed by atoms with Gasteiger partial charge >= 0.3 is 12.1 Å². The van der Waals surface area contributed by atoms with Gasteiger partial charge in [-0.3, -0.25) is 4.90 Å². The zero-order valence-electron chi connectivity index (χ0n) is 11.8. The number of nitrogens with zero attached hydrogens (tertiary/aromatic N) is 1. The lowest BCUT2D eigenvalue weighted by molar-refractivity contribution is -0.150. The van der Waals surface area contributed by atoms with Crippen molar-refractivity contribution in [3.8, 4) is 0 Å². The highest BCUT2D eigenvalue weighted by atomic mass is 16.6. The zero-order chi connectivity index (χ0) is 14.1. The minimum absolute atomic E-state index is 0.430. The van der Waals surface area contributed by atoms with Crippen molar-refractivity contribution in [2.75, 3.05) is 6.54 Å². The SMILES string of the molecule is CC(C)(C)OC(=O)N1CCCC(C)(C)C1C(=O)O. The first-order chi connectivity index (χ1) is 8.04. The molecular weight excluding hydrogens is 234 g/mol. The van der Waals surface area contributed by atoms with E-state index in [1.807, 2.05) is 13.8 Å². The smallest absolute Gasteiger partial charge is 0.411 e. The third-order valence-electron chi connectivity index (χ3n) is 3.13. The van der Waals surface area contributed by atoms with Crippen molar-refractivity contribution in [1.82, 2.24) is 4.90 Å². The number of amides is 1. The predicted molar refractivity (Wildman–Crippen MR) is 67.4 cm³/mol. The van der Waals surface area contributed by atoms with Crippen LogP contribution in [-0.2, 0) is 9.53 Å². The maximum absolute atomic E-state index is 12.1. The van der Waals surface area contributed by atoms with Crippen LogP contribution in [0.15, 0.2) is 0 Å². The summed E-state index contributed by atoms with van der Waals surface area (Å²) in [7, 11) is 0. The van der Waals surface area contributed by atoms with Crippen LogP contribution >= 0.6 is 0 Å². The molecule has 18 heavy (non-hydrogen) atoms. The Morgan fingerprint density at radius 3 is 2.33 bits per heavy atom. The molecule has 1 atom stereocenters. The highest BCUT2D eigenvalue weighted by Gasteiger charge is 2.45. The lowest BCUT2D eigenvalue weighted by atomic mass is 9.76. The maximum Gasteiger partial charge on any atom is 0.411 e. The molecular formula is C13H23NO4. The summed E-state index contributed by atoms with van der Waals surface area (Å²) in [5.74, 6) is -0.967. The second kappa shape index (κ2) is 4.78. The second-order valence-electron chi connectivity index (χ2n) is 6.51. The Hall–Kier alpha value is -1.26. The Morgan fingerprint density at radius 1 is 1.33 bits per heavy atom. The number of hydrogen-bond donors (Lipinski definition) is 1. The number of ether oxygens (including phenoxy) is 1. The lowest BCUT2D eigenvalue weighted by Gasteiger charge is -2.43. The van der Waals surface area contributed by atoms with Gasteiger partial charge in [0, 0.05) is 6.54 Å². The van der Waals surface area contributed by atoms with E-state index in [1.165, 1.54) is 4.90 Å². The van der Waals surface area contributed by atoms with Crippen molar-refractivity contribution in [2.45, 2.75) is 59.1 Å². The molecule has 5 nitrogen and oxygen atoms in total. The minimum atomic E-state index is -0.967. The van der Waals surface area contributed by atoms with Crippen LogP contribution < -0.4 is 0 Å². The first kappa shape index (κ1) is 14.8. The van der Waals surface area contributed by atoms with Gasteiger partial charge in [-0.1, -0.05) is 13.8 Å². The third-order valence-corrected chi connectivity index (χ3v) is 3.13. The lowest BCUT2D eigenvalue weighted by Crippen LogP contribution is -2.57. The summed E-state index contributed by atoms with van der Waals surface area (Å²) in [5, 5.41) is 9.34. The average Bonchev–Trinajstić information content (AvgIpc) is 2.11. The fourth-order valence-corrected chi connectivity index (χ4v) is 2.38. The van der Waals surface area contributed by atoms with Gasteiger partial charge in [0.2, 0.25) is 0 Å².